The van der Waals surface area contributed by atoms with Gasteiger partial charge in [0.05, 0.1) is 34.8 Å². The predicted molar refractivity (Wildman–Crippen MR) is 105 cm³/mol. The third-order valence-corrected chi connectivity index (χ3v) is 5.24. The standard InChI is InChI=1S/C18H19ClN2O5S/c1-4-26-18(23)13-7-10-16(15(19)11-13)20-17(22)12-5-8-14(9-6-12)21(2)27(3,24)25/h5-11H,4H2,1-3H3,(H,20,22). The summed E-state index contributed by atoms with van der Waals surface area (Å²) in [6.07, 6.45) is 1.09. The van der Waals surface area contributed by atoms with Crippen molar-refractivity contribution in [1.29, 1.82) is 0 Å². The minimum atomic E-state index is -3.38. The lowest BCUT2D eigenvalue weighted by atomic mass is 10.1. The van der Waals surface area contributed by atoms with Crippen LogP contribution in [-0.4, -0.2) is 40.2 Å². The number of amides is 1. The van der Waals surface area contributed by atoms with Crippen LogP contribution in [0.25, 0.3) is 0 Å². The van der Waals surface area contributed by atoms with E-state index in [1.165, 1.54) is 49.5 Å². The highest BCUT2D eigenvalue weighted by Gasteiger charge is 2.15. The molecule has 0 aliphatic carbocycles. The van der Waals surface area contributed by atoms with Gasteiger partial charge in [-0.25, -0.2) is 13.2 Å². The molecule has 27 heavy (non-hydrogen) atoms. The molecule has 0 saturated carbocycles. The second-order valence-corrected chi connectivity index (χ2v) is 8.07. The van der Waals surface area contributed by atoms with Crippen molar-refractivity contribution in [3.63, 3.8) is 0 Å². The van der Waals surface area contributed by atoms with E-state index in [0.717, 1.165) is 10.6 Å². The van der Waals surface area contributed by atoms with Crippen molar-refractivity contribution >= 4 is 44.9 Å². The molecule has 0 spiro atoms. The molecule has 2 aromatic rings. The number of ether oxygens (including phenoxy) is 1. The number of esters is 1. The first-order chi connectivity index (χ1) is 12.6. The Kier molecular flexibility index (Phi) is 6.45. The van der Waals surface area contributed by atoms with Gasteiger partial charge in [-0.15, -0.1) is 0 Å². The fourth-order valence-corrected chi connectivity index (χ4v) is 2.90. The quantitative estimate of drug-likeness (QED) is 0.738. The van der Waals surface area contributed by atoms with Crippen LogP contribution in [-0.2, 0) is 14.8 Å². The summed E-state index contributed by atoms with van der Waals surface area (Å²) < 4.78 is 29.1. The average molecular weight is 411 g/mol. The number of halogens is 1. The molecule has 144 valence electrons. The molecule has 2 aromatic carbocycles. The second-order valence-electron chi connectivity index (χ2n) is 5.65. The van der Waals surface area contributed by atoms with Gasteiger partial charge in [-0.05, 0) is 49.4 Å². The number of sulfonamides is 1. The summed E-state index contributed by atoms with van der Waals surface area (Å²) in [6, 6.07) is 10.5. The second kappa shape index (κ2) is 8.41. The molecule has 0 aliphatic rings. The molecule has 0 saturated heterocycles. The van der Waals surface area contributed by atoms with Crippen LogP contribution in [0.15, 0.2) is 42.5 Å². The predicted octanol–water partition coefficient (Wildman–Crippen LogP) is 3.16. The molecule has 0 atom stereocenters. The number of benzene rings is 2. The molecule has 0 radical (unpaired) electrons. The molecule has 1 amide bonds. The summed E-state index contributed by atoms with van der Waals surface area (Å²) in [5, 5.41) is 2.85. The number of hydrogen-bond donors (Lipinski definition) is 1. The number of anilines is 2. The topological polar surface area (TPSA) is 92.8 Å². The molecule has 0 fully saturated rings. The number of hydrogen-bond acceptors (Lipinski definition) is 5. The zero-order valence-electron chi connectivity index (χ0n) is 15.0. The molecule has 7 nitrogen and oxygen atoms in total. The Morgan fingerprint density at radius 3 is 2.22 bits per heavy atom. The van der Waals surface area contributed by atoms with Crippen LogP contribution in [0.2, 0.25) is 5.02 Å². The van der Waals surface area contributed by atoms with E-state index in [1.807, 2.05) is 0 Å². The largest absolute Gasteiger partial charge is 0.462 e. The maximum Gasteiger partial charge on any atom is 0.338 e. The Labute approximate surface area is 162 Å². The van der Waals surface area contributed by atoms with Gasteiger partial charge in [-0.3, -0.25) is 9.10 Å². The first-order valence-electron chi connectivity index (χ1n) is 7.95. The Morgan fingerprint density at radius 2 is 1.70 bits per heavy atom. The Bertz CT molecular complexity index is 958. The molecule has 0 aromatic heterocycles. The molecule has 2 rings (SSSR count). The molecule has 1 N–H and O–H groups in total. The van der Waals surface area contributed by atoms with E-state index in [-0.39, 0.29) is 17.2 Å². The molecule has 0 aliphatic heterocycles. The van der Waals surface area contributed by atoms with Crippen molar-refractivity contribution in [3.8, 4) is 0 Å². The van der Waals surface area contributed by atoms with Crippen LogP contribution >= 0.6 is 11.6 Å². The number of carbonyl (C=O) groups is 2. The van der Waals surface area contributed by atoms with Gasteiger partial charge >= 0.3 is 5.97 Å². The van der Waals surface area contributed by atoms with Crippen molar-refractivity contribution in [2.45, 2.75) is 6.92 Å². The summed E-state index contributed by atoms with van der Waals surface area (Å²) in [4.78, 5) is 24.1. The average Bonchev–Trinajstić information content (AvgIpc) is 2.62. The van der Waals surface area contributed by atoms with Crippen LogP contribution in [0.1, 0.15) is 27.6 Å². The zero-order valence-corrected chi connectivity index (χ0v) is 16.6. The van der Waals surface area contributed by atoms with E-state index >= 15 is 0 Å². The fourth-order valence-electron chi connectivity index (χ4n) is 2.17. The maximum absolute atomic E-state index is 12.4. The first-order valence-corrected chi connectivity index (χ1v) is 10.2. The molecular formula is C18H19ClN2O5S. The van der Waals surface area contributed by atoms with Gasteiger partial charge in [0.25, 0.3) is 5.91 Å². The van der Waals surface area contributed by atoms with Crippen molar-refractivity contribution in [1.82, 2.24) is 0 Å². The summed E-state index contributed by atoms with van der Waals surface area (Å²) in [5.74, 6) is -0.919. The first kappa shape index (κ1) is 20.7. The lowest BCUT2D eigenvalue weighted by molar-refractivity contribution is 0.0526. The van der Waals surface area contributed by atoms with Crippen molar-refractivity contribution in [2.24, 2.45) is 0 Å². The number of nitrogens with one attached hydrogen (secondary N) is 1. The zero-order chi connectivity index (χ0) is 20.2. The highest BCUT2D eigenvalue weighted by molar-refractivity contribution is 7.92. The van der Waals surface area contributed by atoms with Gasteiger partial charge in [-0.1, -0.05) is 11.6 Å². The summed E-state index contributed by atoms with van der Waals surface area (Å²) in [6.45, 7) is 1.95. The lowest BCUT2D eigenvalue weighted by Gasteiger charge is -2.16. The minimum absolute atomic E-state index is 0.197. The Hall–Kier alpha value is -2.58. The van der Waals surface area contributed by atoms with Crippen LogP contribution < -0.4 is 9.62 Å². The van der Waals surface area contributed by atoms with E-state index in [9.17, 15) is 18.0 Å². The van der Waals surface area contributed by atoms with Crippen LogP contribution in [0, 0.1) is 0 Å². The van der Waals surface area contributed by atoms with E-state index in [2.05, 4.69) is 5.32 Å². The van der Waals surface area contributed by atoms with E-state index < -0.39 is 21.9 Å². The molecule has 0 heterocycles. The van der Waals surface area contributed by atoms with Gasteiger partial charge in [0.15, 0.2) is 0 Å². The van der Waals surface area contributed by atoms with Gasteiger partial charge < -0.3 is 10.1 Å². The van der Waals surface area contributed by atoms with Gasteiger partial charge in [0, 0.05) is 12.6 Å². The molecule has 0 unspecified atom stereocenters. The monoisotopic (exact) mass is 410 g/mol. The third-order valence-electron chi connectivity index (χ3n) is 3.72. The Morgan fingerprint density at radius 1 is 1.11 bits per heavy atom. The van der Waals surface area contributed by atoms with E-state index in [0.29, 0.717) is 16.9 Å². The SMILES string of the molecule is CCOC(=O)c1ccc(NC(=O)c2ccc(N(C)S(C)(=O)=O)cc2)c(Cl)c1. The van der Waals surface area contributed by atoms with Crippen molar-refractivity contribution in [2.75, 3.05) is 29.5 Å². The summed E-state index contributed by atoms with van der Waals surface area (Å²) in [7, 11) is -1.96. The normalized spacial score (nSPS) is 11.0. The van der Waals surface area contributed by atoms with Crippen molar-refractivity contribution < 1.29 is 22.7 Å². The number of rotatable bonds is 6. The molecular weight excluding hydrogens is 392 g/mol. The number of nitrogens with zero attached hydrogens (tertiary/aromatic N) is 1. The highest BCUT2D eigenvalue weighted by atomic mass is 35.5. The van der Waals surface area contributed by atoms with Gasteiger partial charge in [0.1, 0.15) is 0 Å². The van der Waals surface area contributed by atoms with Crippen LogP contribution in [0.4, 0.5) is 11.4 Å². The fraction of sp³-hybridized carbons (Fsp3) is 0.222. The van der Waals surface area contributed by atoms with Gasteiger partial charge in [-0.2, -0.15) is 0 Å². The molecule has 0 bridgehead atoms. The van der Waals surface area contributed by atoms with Crippen molar-refractivity contribution in [3.05, 3.63) is 58.6 Å². The number of carbonyl (C=O) groups excluding carboxylic acids is 2. The Balaban J connectivity index is 2.14. The van der Waals surface area contributed by atoms with Gasteiger partial charge in [0.2, 0.25) is 10.0 Å². The molecule has 9 heteroatoms. The third kappa shape index (κ3) is 5.21. The maximum atomic E-state index is 12.4. The highest BCUT2D eigenvalue weighted by Crippen LogP contribution is 2.24. The smallest absolute Gasteiger partial charge is 0.338 e. The van der Waals surface area contributed by atoms with E-state index in [4.69, 9.17) is 16.3 Å². The summed E-state index contributed by atoms with van der Waals surface area (Å²) >= 11 is 6.13. The van der Waals surface area contributed by atoms with E-state index in [1.54, 1.807) is 6.92 Å². The summed E-state index contributed by atoms with van der Waals surface area (Å²) in [5.41, 5.74) is 1.39. The van der Waals surface area contributed by atoms with Crippen LogP contribution in [0.5, 0.6) is 0 Å². The van der Waals surface area contributed by atoms with Crippen LogP contribution in [0.3, 0.4) is 0 Å². The lowest BCUT2D eigenvalue weighted by Crippen LogP contribution is -2.24. The minimum Gasteiger partial charge on any atom is -0.462 e.